The van der Waals surface area contributed by atoms with Gasteiger partial charge >= 0.3 is 6.61 Å². The maximum absolute atomic E-state index is 13.0. The van der Waals surface area contributed by atoms with Gasteiger partial charge in [0.25, 0.3) is 0 Å². The Morgan fingerprint density at radius 2 is 2.19 bits per heavy atom. The van der Waals surface area contributed by atoms with Crippen LogP contribution in [0.15, 0.2) is 35.8 Å². The fraction of sp³-hybridized carbons (Fsp3) is 0.353. The summed E-state index contributed by atoms with van der Waals surface area (Å²) in [6.45, 7) is -3.03. The molecule has 1 aliphatic carbocycles. The number of hydrogen-bond acceptors (Lipinski definition) is 6. The molecule has 9 heteroatoms. The first-order valence-corrected chi connectivity index (χ1v) is 8.14. The molecule has 4 rings (SSSR count). The summed E-state index contributed by atoms with van der Waals surface area (Å²) >= 11 is 0. The molecule has 1 N–H and O–H groups in total. The minimum atomic E-state index is -3.03. The van der Waals surface area contributed by atoms with Crippen LogP contribution in [0.3, 0.4) is 0 Å². The van der Waals surface area contributed by atoms with Crippen LogP contribution in [-0.4, -0.2) is 34.3 Å². The van der Waals surface area contributed by atoms with Crippen molar-refractivity contribution in [2.45, 2.75) is 31.9 Å². The number of para-hydroxylation sites is 1. The lowest BCUT2D eigenvalue weighted by Gasteiger charge is -2.33. The summed E-state index contributed by atoms with van der Waals surface area (Å²) in [7, 11) is 1.37. The van der Waals surface area contributed by atoms with Gasteiger partial charge in [-0.25, -0.2) is 4.68 Å². The highest BCUT2D eigenvalue weighted by Gasteiger charge is 2.38. The zero-order valence-electron chi connectivity index (χ0n) is 13.9. The van der Waals surface area contributed by atoms with Gasteiger partial charge in [0, 0.05) is 23.3 Å². The molecular weight excluding hydrogens is 346 g/mol. The maximum Gasteiger partial charge on any atom is 0.387 e. The number of rotatable bonds is 4. The van der Waals surface area contributed by atoms with Gasteiger partial charge in [-0.1, -0.05) is 12.1 Å². The van der Waals surface area contributed by atoms with Gasteiger partial charge in [0.05, 0.1) is 7.11 Å². The Kier molecular flexibility index (Phi) is 4.06. The molecule has 0 fully saturated rings. The van der Waals surface area contributed by atoms with E-state index in [2.05, 4.69) is 15.4 Å². The van der Waals surface area contributed by atoms with E-state index in [0.717, 1.165) is 12.1 Å². The number of ether oxygens (including phenoxy) is 2. The number of benzene rings is 1. The van der Waals surface area contributed by atoms with Gasteiger partial charge in [-0.05, 0) is 18.9 Å². The fourth-order valence-electron chi connectivity index (χ4n) is 3.51. The van der Waals surface area contributed by atoms with Crippen LogP contribution in [0, 0.1) is 0 Å². The number of allylic oxidation sites excluding steroid dienone is 2. The number of halogens is 2. The van der Waals surface area contributed by atoms with Crippen LogP contribution in [0.2, 0.25) is 0 Å². The van der Waals surface area contributed by atoms with Gasteiger partial charge in [0.2, 0.25) is 5.95 Å². The first kappa shape index (κ1) is 16.5. The monoisotopic (exact) mass is 362 g/mol. The average Bonchev–Trinajstić information content (AvgIpc) is 3.08. The lowest BCUT2D eigenvalue weighted by Crippen LogP contribution is -2.32. The first-order valence-electron chi connectivity index (χ1n) is 8.14. The van der Waals surface area contributed by atoms with Gasteiger partial charge in [0.15, 0.2) is 17.3 Å². The lowest BCUT2D eigenvalue weighted by atomic mass is 9.85. The van der Waals surface area contributed by atoms with E-state index in [-0.39, 0.29) is 17.3 Å². The zero-order chi connectivity index (χ0) is 18.3. The normalized spacial score (nSPS) is 19.1. The van der Waals surface area contributed by atoms with Crippen LogP contribution < -0.4 is 14.8 Å². The number of aromatic nitrogens is 3. The largest absolute Gasteiger partial charge is 0.493 e. The SMILES string of the molecule is COc1cccc(C2C3=C(CCCC3=O)Nc3ncnn32)c1OC(F)F. The van der Waals surface area contributed by atoms with E-state index in [1.54, 1.807) is 12.1 Å². The molecule has 2 aliphatic rings. The fourth-order valence-corrected chi connectivity index (χ4v) is 3.51. The molecule has 2 heterocycles. The number of ketones is 1. The van der Waals surface area contributed by atoms with E-state index < -0.39 is 12.7 Å². The third-order valence-corrected chi connectivity index (χ3v) is 4.54. The van der Waals surface area contributed by atoms with E-state index in [0.29, 0.717) is 29.9 Å². The molecule has 1 aromatic heterocycles. The summed E-state index contributed by atoms with van der Waals surface area (Å²) < 4.78 is 37.5. The van der Waals surface area contributed by atoms with E-state index >= 15 is 0 Å². The Bertz CT molecular complexity index is 894. The van der Waals surface area contributed by atoms with Gasteiger partial charge in [-0.15, -0.1) is 0 Å². The second-order valence-electron chi connectivity index (χ2n) is 5.98. The molecule has 0 radical (unpaired) electrons. The summed E-state index contributed by atoms with van der Waals surface area (Å²) in [6.07, 6.45) is 3.16. The Hall–Kier alpha value is -2.97. The van der Waals surface area contributed by atoms with Gasteiger partial charge in [-0.2, -0.15) is 18.9 Å². The van der Waals surface area contributed by atoms with Crippen LogP contribution in [-0.2, 0) is 4.79 Å². The predicted octanol–water partition coefficient (Wildman–Crippen LogP) is 2.91. The van der Waals surface area contributed by atoms with Crippen molar-refractivity contribution in [2.75, 3.05) is 12.4 Å². The van der Waals surface area contributed by atoms with Gasteiger partial charge in [0.1, 0.15) is 12.4 Å². The van der Waals surface area contributed by atoms with Crippen LogP contribution in [0.4, 0.5) is 14.7 Å². The molecule has 7 nitrogen and oxygen atoms in total. The average molecular weight is 362 g/mol. The third-order valence-electron chi connectivity index (χ3n) is 4.54. The van der Waals surface area contributed by atoms with Crippen molar-refractivity contribution in [2.24, 2.45) is 0 Å². The van der Waals surface area contributed by atoms with Crippen molar-refractivity contribution >= 4 is 11.7 Å². The highest BCUT2D eigenvalue weighted by atomic mass is 19.3. The van der Waals surface area contributed by atoms with Crippen molar-refractivity contribution in [3.05, 3.63) is 41.4 Å². The number of alkyl halides is 2. The molecule has 1 unspecified atom stereocenters. The number of carbonyl (C=O) groups is 1. The van der Waals surface area contributed by atoms with Crippen molar-refractivity contribution in [1.29, 1.82) is 0 Å². The molecule has 0 saturated heterocycles. The molecule has 26 heavy (non-hydrogen) atoms. The molecule has 2 aromatic rings. The standard InChI is InChI=1S/C17H16F2N4O3/c1-25-12-7-2-4-9(15(12)26-16(18)19)14-13-10(5-3-6-11(13)24)22-17-20-8-21-23(14)17/h2,4,7-8,14,16H,3,5-6H2,1H3,(H,20,21,22). The molecule has 0 bridgehead atoms. The van der Waals surface area contributed by atoms with E-state index in [9.17, 15) is 13.6 Å². The Morgan fingerprint density at radius 1 is 1.35 bits per heavy atom. The van der Waals surface area contributed by atoms with Crippen molar-refractivity contribution in [1.82, 2.24) is 14.8 Å². The number of nitrogens with one attached hydrogen (secondary N) is 1. The highest BCUT2D eigenvalue weighted by molar-refractivity contribution is 5.99. The maximum atomic E-state index is 13.0. The summed E-state index contributed by atoms with van der Waals surface area (Å²) in [5.74, 6) is 0.460. The Balaban J connectivity index is 1.94. The molecule has 136 valence electrons. The number of nitrogens with zero attached hydrogens (tertiary/aromatic N) is 3. The second kappa shape index (κ2) is 6.40. The highest BCUT2D eigenvalue weighted by Crippen LogP contribution is 2.45. The number of methoxy groups -OCH3 is 1. The van der Waals surface area contributed by atoms with Crippen LogP contribution >= 0.6 is 0 Å². The lowest BCUT2D eigenvalue weighted by molar-refractivity contribution is -0.116. The summed E-state index contributed by atoms with van der Waals surface area (Å²) in [6, 6.07) is 4.12. The van der Waals surface area contributed by atoms with Crippen LogP contribution in [0.25, 0.3) is 0 Å². The molecule has 1 atom stereocenters. The topological polar surface area (TPSA) is 78.3 Å². The quantitative estimate of drug-likeness (QED) is 0.901. The number of Topliss-reactive ketones (excluding diaryl/α,β-unsaturated/α-hetero) is 1. The van der Waals surface area contributed by atoms with E-state index in [1.165, 1.54) is 24.2 Å². The first-order chi connectivity index (χ1) is 12.6. The molecule has 1 aliphatic heterocycles. The van der Waals surface area contributed by atoms with E-state index in [1.807, 2.05) is 0 Å². The summed E-state index contributed by atoms with van der Waals surface area (Å²) in [5.41, 5.74) is 1.62. The zero-order valence-corrected chi connectivity index (χ0v) is 13.9. The second-order valence-corrected chi connectivity index (χ2v) is 5.98. The Labute approximate surface area is 147 Å². The minimum Gasteiger partial charge on any atom is -0.493 e. The van der Waals surface area contributed by atoms with Crippen LogP contribution in [0.1, 0.15) is 30.9 Å². The van der Waals surface area contributed by atoms with Crippen molar-refractivity contribution in [3.63, 3.8) is 0 Å². The number of carbonyl (C=O) groups excluding carboxylic acids is 1. The molecular formula is C17H16F2N4O3. The third kappa shape index (κ3) is 2.59. The smallest absolute Gasteiger partial charge is 0.387 e. The van der Waals surface area contributed by atoms with Crippen molar-refractivity contribution < 1.29 is 23.0 Å². The summed E-state index contributed by atoms with van der Waals surface area (Å²) in [5, 5.41) is 7.31. The van der Waals surface area contributed by atoms with Gasteiger partial charge < -0.3 is 14.8 Å². The van der Waals surface area contributed by atoms with Crippen molar-refractivity contribution in [3.8, 4) is 11.5 Å². The number of hydrogen-bond donors (Lipinski definition) is 1. The molecule has 1 aromatic carbocycles. The van der Waals surface area contributed by atoms with E-state index in [4.69, 9.17) is 9.47 Å². The number of fused-ring (bicyclic) bond motifs is 1. The molecule has 0 spiro atoms. The molecule has 0 saturated carbocycles. The minimum absolute atomic E-state index is 0.0456. The molecule has 0 amide bonds. The summed E-state index contributed by atoms with van der Waals surface area (Å²) in [4.78, 5) is 16.8. The Morgan fingerprint density at radius 3 is 2.96 bits per heavy atom. The van der Waals surface area contributed by atoms with Crippen LogP contribution in [0.5, 0.6) is 11.5 Å². The predicted molar refractivity (Wildman–Crippen MR) is 87.3 cm³/mol. The number of anilines is 1. The van der Waals surface area contributed by atoms with Gasteiger partial charge in [-0.3, -0.25) is 4.79 Å².